The molecule has 0 aliphatic carbocycles. The zero-order chi connectivity index (χ0) is 17.3. The average molecular weight is 347 g/mol. The highest BCUT2D eigenvalue weighted by atomic mass is 35.5. The van der Waals surface area contributed by atoms with Gasteiger partial charge in [-0.05, 0) is 37.3 Å². The summed E-state index contributed by atoms with van der Waals surface area (Å²) in [6.07, 6.45) is 0. The van der Waals surface area contributed by atoms with Gasteiger partial charge in [0, 0.05) is 16.0 Å². The molecule has 3 aromatic rings. The fraction of sp³-hybridized carbons (Fsp3) is 0.0588. The second-order valence-corrected chi connectivity index (χ2v) is 5.52. The van der Waals surface area contributed by atoms with Gasteiger partial charge in [0.2, 0.25) is 0 Å². The van der Waals surface area contributed by atoms with E-state index >= 15 is 0 Å². The Morgan fingerprint density at radius 2 is 1.79 bits per heavy atom. The van der Waals surface area contributed by atoms with Gasteiger partial charge in [-0.1, -0.05) is 23.7 Å². The molecule has 0 radical (unpaired) electrons. The molecule has 122 valence electrons. The lowest BCUT2D eigenvalue weighted by Crippen LogP contribution is -2.42. The molecule has 0 saturated carbocycles. The summed E-state index contributed by atoms with van der Waals surface area (Å²) in [6, 6.07) is 10.4. The Kier molecular flexibility index (Phi) is 4.22. The molecule has 0 spiro atoms. The first kappa shape index (κ1) is 16.0. The molecule has 0 bridgehead atoms. The molecular formula is C17H12ClFN2O3. The number of hydrogen-bond acceptors (Lipinski definition) is 3. The van der Waals surface area contributed by atoms with Crippen LogP contribution in [0.3, 0.4) is 0 Å². The first-order chi connectivity index (χ1) is 11.5. The molecule has 2 aromatic carbocycles. The third-order valence-electron chi connectivity index (χ3n) is 3.51. The van der Waals surface area contributed by atoms with Crippen LogP contribution >= 0.6 is 11.6 Å². The van der Waals surface area contributed by atoms with Crippen LogP contribution in [0.4, 0.5) is 4.39 Å². The van der Waals surface area contributed by atoms with Crippen LogP contribution in [0.15, 0.2) is 46.9 Å². The number of rotatable bonds is 2. The van der Waals surface area contributed by atoms with E-state index in [1.54, 1.807) is 25.1 Å². The number of amides is 2. The van der Waals surface area contributed by atoms with Gasteiger partial charge in [-0.15, -0.1) is 0 Å². The molecule has 2 amide bonds. The van der Waals surface area contributed by atoms with E-state index in [0.717, 1.165) is 6.07 Å². The van der Waals surface area contributed by atoms with Crippen molar-refractivity contribution in [2.75, 3.05) is 0 Å². The third kappa shape index (κ3) is 2.96. The smallest absolute Gasteiger partial charge is 0.305 e. The first-order valence-corrected chi connectivity index (χ1v) is 7.39. The van der Waals surface area contributed by atoms with Gasteiger partial charge in [-0.25, -0.2) is 4.39 Å². The van der Waals surface area contributed by atoms with Crippen LogP contribution < -0.4 is 10.9 Å². The van der Waals surface area contributed by atoms with Crippen LogP contribution in [0.1, 0.15) is 26.5 Å². The maximum Gasteiger partial charge on any atom is 0.305 e. The summed E-state index contributed by atoms with van der Waals surface area (Å²) in [6.45, 7) is 1.70. The van der Waals surface area contributed by atoms with Crippen molar-refractivity contribution in [1.29, 1.82) is 0 Å². The van der Waals surface area contributed by atoms with E-state index in [2.05, 4.69) is 10.9 Å². The van der Waals surface area contributed by atoms with Gasteiger partial charge in [-0.2, -0.15) is 0 Å². The Hall–Kier alpha value is -2.86. The fourth-order valence-electron chi connectivity index (χ4n) is 2.29. The molecule has 7 heteroatoms. The zero-order valence-electron chi connectivity index (χ0n) is 12.5. The molecular weight excluding hydrogens is 335 g/mol. The molecule has 0 atom stereocenters. The maximum absolute atomic E-state index is 13.5. The standard InChI is InChI=1S/C17H12ClFN2O3/c1-9-12-8-10(18)6-7-14(12)24-15(9)17(23)21-20-16(22)11-4-2-3-5-13(11)19/h2-8H,1H3,(H,20,22)(H,21,23). The summed E-state index contributed by atoms with van der Waals surface area (Å²) >= 11 is 5.93. The van der Waals surface area contributed by atoms with Crippen molar-refractivity contribution in [3.05, 3.63) is 70.2 Å². The lowest BCUT2D eigenvalue weighted by molar-refractivity contribution is 0.0829. The highest BCUT2D eigenvalue weighted by Crippen LogP contribution is 2.27. The summed E-state index contributed by atoms with van der Waals surface area (Å²) in [5.41, 5.74) is 5.28. The topological polar surface area (TPSA) is 71.3 Å². The van der Waals surface area contributed by atoms with Crippen LogP contribution in [0.25, 0.3) is 11.0 Å². The number of hydrazine groups is 1. The quantitative estimate of drug-likeness (QED) is 0.696. The summed E-state index contributed by atoms with van der Waals surface area (Å²) in [7, 11) is 0. The van der Waals surface area contributed by atoms with Gasteiger partial charge in [0.1, 0.15) is 11.4 Å². The molecule has 0 saturated heterocycles. The van der Waals surface area contributed by atoms with E-state index in [1.807, 2.05) is 0 Å². The number of furan rings is 1. The molecule has 0 fully saturated rings. The first-order valence-electron chi connectivity index (χ1n) is 7.01. The number of benzene rings is 2. The van der Waals surface area contributed by atoms with Crippen molar-refractivity contribution in [3.8, 4) is 0 Å². The van der Waals surface area contributed by atoms with Crippen LogP contribution in [-0.2, 0) is 0 Å². The van der Waals surface area contributed by atoms with Crippen molar-refractivity contribution in [2.45, 2.75) is 6.92 Å². The molecule has 1 heterocycles. The number of carbonyl (C=O) groups excluding carboxylic acids is 2. The molecule has 1 aromatic heterocycles. The number of carbonyl (C=O) groups is 2. The van der Waals surface area contributed by atoms with Crippen molar-refractivity contribution in [1.82, 2.24) is 10.9 Å². The lowest BCUT2D eigenvalue weighted by Gasteiger charge is -2.07. The van der Waals surface area contributed by atoms with E-state index < -0.39 is 17.6 Å². The van der Waals surface area contributed by atoms with E-state index in [0.29, 0.717) is 21.6 Å². The van der Waals surface area contributed by atoms with Crippen molar-refractivity contribution in [2.24, 2.45) is 0 Å². The molecule has 24 heavy (non-hydrogen) atoms. The molecule has 3 rings (SSSR count). The van der Waals surface area contributed by atoms with Gasteiger partial charge in [0.15, 0.2) is 5.76 Å². The Balaban J connectivity index is 1.77. The minimum atomic E-state index is -0.766. The summed E-state index contributed by atoms with van der Waals surface area (Å²) in [4.78, 5) is 24.1. The minimum absolute atomic E-state index is 0.0427. The number of aryl methyl sites for hydroxylation is 1. The van der Waals surface area contributed by atoms with Gasteiger partial charge >= 0.3 is 5.91 Å². The van der Waals surface area contributed by atoms with Gasteiger partial charge < -0.3 is 4.42 Å². The zero-order valence-corrected chi connectivity index (χ0v) is 13.3. The second kappa shape index (κ2) is 6.33. The molecule has 2 N–H and O–H groups in total. The third-order valence-corrected chi connectivity index (χ3v) is 3.75. The second-order valence-electron chi connectivity index (χ2n) is 5.08. The Labute approximate surface area is 141 Å². The predicted molar refractivity (Wildman–Crippen MR) is 87.3 cm³/mol. The van der Waals surface area contributed by atoms with Crippen LogP contribution in [0.5, 0.6) is 0 Å². The summed E-state index contributed by atoms with van der Waals surface area (Å²) in [5.74, 6) is -2.05. The monoisotopic (exact) mass is 346 g/mol. The molecule has 5 nitrogen and oxygen atoms in total. The molecule has 0 unspecified atom stereocenters. The Morgan fingerprint density at radius 3 is 2.54 bits per heavy atom. The van der Waals surface area contributed by atoms with Crippen LogP contribution in [0, 0.1) is 12.7 Å². The number of hydrogen-bond donors (Lipinski definition) is 2. The average Bonchev–Trinajstić information content (AvgIpc) is 2.89. The SMILES string of the molecule is Cc1c(C(=O)NNC(=O)c2ccccc2F)oc2ccc(Cl)cc12. The molecule has 0 aliphatic rings. The van der Waals surface area contributed by atoms with Crippen LogP contribution in [0.2, 0.25) is 5.02 Å². The predicted octanol–water partition coefficient (Wildman–Crippen LogP) is 3.61. The highest BCUT2D eigenvalue weighted by molar-refractivity contribution is 6.31. The summed E-state index contributed by atoms with van der Waals surface area (Å²) < 4.78 is 19.0. The lowest BCUT2D eigenvalue weighted by atomic mass is 10.1. The normalized spacial score (nSPS) is 10.6. The maximum atomic E-state index is 13.5. The van der Waals surface area contributed by atoms with E-state index in [1.165, 1.54) is 18.2 Å². The van der Waals surface area contributed by atoms with Crippen LogP contribution in [-0.4, -0.2) is 11.8 Å². The number of nitrogens with one attached hydrogen (secondary N) is 2. The van der Waals surface area contributed by atoms with E-state index in [-0.39, 0.29) is 11.3 Å². The van der Waals surface area contributed by atoms with Crippen molar-refractivity contribution in [3.63, 3.8) is 0 Å². The highest BCUT2D eigenvalue weighted by Gasteiger charge is 2.19. The van der Waals surface area contributed by atoms with E-state index in [4.69, 9.17) is 16.0 Å². The summed E-state index contributed by atoms with van der Waals surface area (Å²) in [5, 5.41) is 1.22. The van der Waals surface area contributed by atoms with E-state index in [9.17, 15) is 14.0 Å². The van der Waals surface area contributed by atoms with Gasteiger partial charge in [0.05, 0.1) is 5.56 Å². The number of fused-ring (bicyclic) bond motifs is 1. The van der Waals surface area contributed by atoms with Gasteiger partial charge in [0.25, 0.3) is 5.91 Å². The Morgan fingerprint density at radius 1 is 1.08 bits per heavy atom. The number of halogens is 2. The largest absolute Gasteiger partial charge is 0.451 e. The van der Waals surface area contributed by atoms with Gasteiger partial charge in [-0.3, -0.25) is 20.4 Å². The minimum Gasteiger partial charge on any atom is -0.451 e. The molecule has 0 aliphatic heterocycles. The Bertz CT molecular complexity index is 952. The van der Waals surface area contributed by atoms with Crippen molar-refractivity contribution < 1.29 is 18.4 Å². The van der Waals surface area contributed by atoms with Crippen molar-refractivity contribution >= 4 is 34.4 Å². The fourth-order valence-corrected chi connectivity index (χ4v) is 2.46.